The summed E-state index contributed by atoms with van der Waals surface area (Å²) >= 11 is 0. The fourth-order valence-corrected chi connectivity index (χ4v) is 5.80. The van der Waals surface area contributed by atoms with Gasteiger partial charge in [-0.25, -0.2) is 0 Å². The van der Waals surface area contributed by atoms with Crippen LogP contribution in [0.15, 0.2) is 42.5 Å². The molecule has 4 rings (SSSR count). The summed E-state index contributed by atoms with van der Waals surface area (Å²) in [5.74, 6) is 1.11. The van der Waals surface area contributed by atoms with Crippen LogP contribution < -0.4 is 15.0 Å². The zero-order valence-corrected chi connectivity index (χ0v) is 25.3. The van der Waals surface area contributed by atoms with Gasteiger partial charge in [-0.1, -0.05) is 18.2 Å². The number of benzene rings is 2. The minimum absolute atomic E-state index is 0.0164. The van der Waals surface area contributed by atoms with Crippen molar-refractivity contribution in [3.05, 3.63) is 59.2 Å². The Morgan fingerprint density at radius 2 is 1.82 bits per heavy atom. The van der Waals surface area contributed by atoms with Gasteiger partial charge in [0.1, 0.15) is 5.75 Å². The maximum absolute atomic E-state index is 13.4. The van der Waals surface area contributed by atoms with E-state index in [1.165, 1.54) is 11.1 Å². The van der Waals surface area contributed by atoms with Crippen molar-refractivity contribution < 1.29 is 14.3 Å². The van der Waals surface area contributed by atoms with Crippen LogP contribution in [0.1, 0.15) is 63.1 Å². The molecule has 2 fully saturated rings. The standard InChI is InChI=1S/C33H48N4O3/c1-23(2)35(5)32(38)20-26-8-7-9-31(19-26)40-30-14-11-27(12-15-30)33(39)36(6)29-13-10-28(24(3)18-29)22-37-17-16-34-25(4)21-37/h7-10,13,18-19,23,25,27,30,34H,11-12,14-17,20-22H2,1-6H3/t25-,27?,30?/m0/s1. The van der Waals surface area contributed by atoms with Gasteiger partial charge in [-0.3, -0.25) is 14.5 Å². The molecule has 218 valence electrons. The highest BCUT2D eigenvalue weighted by Crippen LogP contribution is 2.31. The second kappa shape index (κ2) is 13.6. The molecule has 0 bridgehead atoms. The van der Waals surface area contributed by atoms with Gasteiger partial charge in [0.2, 0.25) is 11.8 Å². The molecule has 7 nitrogen and oxygen atoms in total. The fourth-order valence-electron chi connectivity index (χ4n) is 5.80. The molecular formula is C33H48N4O3. The van der Waals surface area contributed by atoms with Crippen LogP contribution in [0.3, 0.4) is 0 Å². The van der Waals surface area contributed by atoms with Crippen LogP contribution in [-0.4, -0.2) is 73.5 Å². The van der Waals surface area contributed by atoms with Crippen LogP contribution in [0, 0.1) is 12.8 Å². The summed E-state index contributed by atoms with van der Waals surface area (Å²) in [7, 11) is 3.75. The van der Waals surface area contributed by atoms with Gasteiger partial charge in [0.25, 0.3) is 0 Å². The molecule has 0 unspecified atom stereocenters. The number of rotatable bonds is 9. The maximum Gasteiger partial charge on any atom is 0.229 e. The van der Waals surface area contributed by atoms with E-state index in [0.29, 0.717) is 12.5 Å². The number of hydrogen-bond donors (Lipinski definition) is 1. The lowest BCUT2D eigenvalue weighted by Crippen LogP contribution is -2.48. The first-order chi connectivity index (χ1) is 19.1. The Balaban J connectivity index is 1.27. The first-order valence-corrected chi connectivity index (χ1v) is 14.9. The molecule has 0 aromatic heterocycles. The molecule has 2 aromatic carbocycles. The Bertz CT molecular complexity index is 1160. The molecule has 7 heteroatoms. The predicted molar refractivity (Wildman–Crippen MR) is 162 cm³/mol. The zero-order chi connectivity index (χ0) is 28.8. The van der Waals surface area contributed by atoms with Crippen LogP contribution in [0.25, 0.3) is 0 Å². The first-order valence-electron chi connectivity index (χ1n) is 14.9. The number of amides is 2. The molecule has 0 radical (unpaired) electrons. The highest BCUT2D eigenvalue weighted by atomic mass is 16.5. The Kier molecular flexibility index (Phi) is 10.3. The fraction of sp³-hybridized carbons (Fsp3) is 0.576. The third-order valence-electron chi connectivity index (χ3n) is 8.64. The number of ether oxygens (including phenoxy) is 1. The lowest BCUT2D eigenvalue weighted by molar-refractivity contribution is -0.130. The molecule has 2 aromatic rings. The van der Waals surface area contributed by atoms with Gasteiger partial charge in [0.05, 0.1) is 12.5 Å². The Labute approximate surface area is 240 Å². The molecule has 40 heavy (non-hydrogen) atoms. The van der Waals surface area contributed by atoms with Gasteiger partial charge in [-0.05, 0) is 94.3 Å². The van der Waals surface area contributed by atoms with Gasteiger partial charge >= 0.3 is 0 Å². The third kappa shape index (κ3) is 7.85. The van der Waals surface area contributed by atoms with Gasteiger partial charge in [0.15, 0.2) is 0 Å². The molecule has 0 spiro atoms. The van der Waals surface area contributed by atoms with Crippen molar-refractivity contribution in [1.82, 2.24) is 15.1 Å². The smallest absolute Gasteiger partial charge is 0.229 e. The second-order valence-electron chi connectivity index (χ2n) is 12.1. The van der Waals surface area contributed by atoms with E-state index in [9.17, 15) is 9.59 Å². The summed E-state index contributed by atoms with van der Waals surface area (Å²) in [6.45, 7) is 12.5. The van der Waals surface area contributed by atoms with E-state index in [2.05, 4.69) is 42.3 Å². The van der Waals surface area contributed by atoms with Gasteiger partial charge in [0, 0.05) is 64.0 Å². The number of hydrogen-bond acceptors (Lipinski definition) is 5. The van der Waals surface area contributed by atoms with Crippen molar-refractivity contribution in [3.8, 4) is 5.75 Å². The van der Waals surface area contributed by atoms with Gasteiger partial charge < -0.3 is 19.9 Å². The van der Waals surface area contributed by atoms with E-state index < -0.39 is 0 Å². The number of carbonyl (C=O) groups excluding carboxylic acids is 2. The van der Waals surface area contributed by atoms with Crippen molar-refractivity contribution in [3.63, 3.8) is 0 Å². The predicted octanol–water partition coefficient (Wildman–Crippen LogP) is 4.80. The van der Waals surface area contributed by atoms with Crippen LogP contribution in [0.4, 0.5) is 5.69 Å². The van der Waals surface area contributed by atoms with E-state index >= 15 is 0 Å². The van der Waals surface area contributed by atoms with E-state index in [0.717, 1.165) is 68.9 Å². The van der Waals surface area contributed by atoms with E-state index in [4.69, 9.17) is 4.74 Å². The highest BCUT2D eigenvalue weighted by molar-refractivity contribution is 5.94. The van der Waals surface area contributed by atoms with Crippen molar-refractivity contribution in [1.29, 1.82) is 0 Å². The van der Waals surface area contributed by atoms with Gasteiger partial charge in [-0.15, -0.1) is 0 Å². The highest BCUT2D eigenvalue weighted by Gasteiger charge is 2.30. The summed E-state index contributed by atoms with van der Waals surface area (Å²) in [6, 6.07) is 15.0. The summed E-state index contributed by atoms with van der Waals surface area (Å²) in [5, 5.41) is 3.50. The molecule has 1 aliphatic heterocycles. The molecular weight excluding hydrogens is 500 g/mol. The SMILES string of the molecule is Cc1cc(N(C)C(=O)C2CCC(Oc3cccc(CC(=O)N(C)C(C)C)c3)CC2)ccc1CN1CCN[C@@H](C)C1. The average molecular weight is 549 g/mol. The third-order valence-corrected chi connectivity index (χ3v) is 8.64. The van der Waals surface area contributed by atoms with Crippen molar-refractivity contribution in [2.75, 3.05) is 38.6 Å². The Morgan fingerprint density at radius 3 is 2.50 bits per heavy atom. The quantitative estimate of drug-likeness (QED) is 0.488. The molecule has 2 amide bonds. The number of piperazine rings is 1. The largest absolute Gasteiger partial charge is 0.490 e. The van der Waals surface area contributed by atoms with Crippen molar-refractivity contribution >= 4 is 17.5 Å². The summed E-state index contributed by atoms with van der Waals surface area (Å²) in [6.07, 6.45) is 3.81. The normalized spacial score (nSPS) is 21.7. The van der Waals surface area contributed by atoms with Crippen LogP contribution >= 0.6 is 0 Å². The summed E-state index contributed by atoms with van der Waals surface area (Å²) in [4.78, 5) is 32.0. The minimum Gasteiger partial charge on any atom is -0.490 e. The maximum atomic E-state index is 13.4. The molecule has 1 N–H and O–H groups in total. The molecule has 1 aliphatic carbocycles. The molecule has 2 aliphatic rings. The van der Waals surface area contributed by atoms with Crippen molar-refractivity contribution in [2.45, 2.75) is 84.5 Å². The number of carbonyl (C=O) groups is 2. The molecule has 1 heterocycles. The number of anilines is 1. The Hall–Kier alpha value is -2.90. The molecule has 1 saturated heterocycles. The number of aryl methyl sites for hydroxylation is 1. The van der Waals surface area contributed by atoms with E-state index in [1.54, 1.807) is 4.90 Å². The van der Waals surface area contributed by atoms with Gasteiger partial charge in [-0.2, -0.15) is 0 Å². The number of likely N-dealkylation sites (N-methyl/N-ethyl adjacent to an activating group) is 1. The molecule has 1 atom stereocenters. The zero-order valence-electron chi connectivity index (χ0n) is 25.3. The van der Waals surface area contributed by atoms with E-state index in [-0.39, 0.29) is 29.9 Å². The van der Waals surface area contributed by atoms with Crippen LogP contribution in [0.2, 0.25) is 0 Å². The lowest BCUT2D eigenvalue weighted by Gasteiger charge is -2.32. The summed E-state index contributed by atoms with van der Waals surface area (Å²) < 4.78 is 6.30. The topological polar surface area (TPSA) is 65.1 Å². The molecule has 1 saturated carbocycles. The first kappa shape index (κ1) is 30.1. The van der Waals surface area contributed by atoms with Crippen LogP contribution in [-0.2, 0) is 22.6 Å². The lowest BCUT2D eigenvalue weighted by atomic mass is 9.86. The van der Waals surface area contributed by atoms with E-state index in [1.807, 2.05) is 57.1 Å². The van der Waals surface area contributed by atoms with Crippen LogP contribution in [0.5, 0.6) is 5.75 Å². The second-order valence-corrected chi connectivity index (χ2v) is 12.1. The number of nitrogens with one attached hydrogen (secondary N) is 1. The van der Waals surface area contributed by atoms with Crippen molar-refractivity contribution in [2.24, 2.45) is 5.92 Å². The number of nitrogens with zero attached hydrogens (tertiary/aromatic N) is 3. The average Bonchev–Trinajstić information content (AvgIpc) is 2.93. The minimum atomic E-state index is 0.0164. The Morgan fingerprint density at radius 1 is 1.07 bits per heavy atom. The monoisotopic (exact) mass is 548 g/mol. The summed E-state index contributed by atoms with van der Waals surface area (Å²) in [5.41, 5.74) is 4.49.